The fourth-order valence-electron chi connectivity index (χ4n) is 14.6. The van der Waals surface area contributed by atoms with Crippen molar-refractivity contribution in [2.24, 2.45) is 0 Å². The van der Waals surface area contributed by atoms with Crippen molar-refractivity contribution in [3.63, 3.8) is 0 Å². The van der Waals surface area contributed by atoms with Crippen molar-refractivity contribution in [2.75, 3.05) is 9.80 Å². The van der Waals surface area contributed by atoms with Crippen LogP contribution in [0.25, 0.3) is 111 Å². The molecule has 0 N–H and O–H groups in total. The third kappa shape index (κ3) is 7.95. The van der Waals surface area contributed by atoms with Crippen molar-refractivity contribution in [3.8, 4) is 67.0 Å². The number of hydrogen-bond donors (Lipinski definition) is 0. The Morgan fingerprint density at radius 3 is 0.933 bits per heavy atom. The Hall–Kier alpha value is -11.7. The summed E-state index contributed by atoms with van der Waals surface area (Å²) in [5, 5.41) is 4.60. The molecule has 0 bridgehead atoms. The third-order valence-electron chi connectivity index (χ3n) is 18.4. The average Bonchev–Trinajstić information content (AvgIpc) is 0.812. The molecule has 4 heterocycles. The minimum absolute atomic E-state index is 0.107. The lowest BCUT2D eigenvalue weighted by molar-refractivity contribution is 1.17. The molecule has 0 radical (unpaired) electrons. The molecule has 0 saturated heterocycles. The Balaban J connectivity index is 1.05. The SMILES string of the molecule is [2H]c1c([2H])c([2H])c(-c2cc3c4c(c2)N(c2c(-c5ccccc5)cccc2-c2ccccc2)c2cc(-n5c6ccccc6c6ccccc65)ccc2B4c2ccc(-n4c5ccccc5c5ccccc54)cc2N3c2c(-c3ccccc3)cccc2-c2ccccc2)c([2H])c1[2H]. The number of nitrogens with zero attached hydrogens (tertiary/aromatic N) is 4. The standard InChI is InChI=1S/C84H55BN4/c1-6-26-56(27-7-1)61-52-80-82-81(53-61)89(84-66(59-32-12-4-13-33-59)42-25-43-67(84)60-34-14-5-15-35-60)79-55-63(87-76-46-22-18-38-70(76)71-39-19-23-47-77(71)87)49-51-73(79)85(82)72-50-48-62(86-74-44-20-16-36-68(74)69-37-17-21-45-75(69)86)54-78(72)88(80)83-64(57-28-8-2-9-29-57)40-24-41-65(83)58-30-10-3-11-31-58/h1-55H/i1D,6D,7D,26D,27D. The van der Waals surface area contributed by atoms with Gasteiger partial charge in [-0.05, 0) is 110 Å². The van der Waals surface area contributed by atoms with E-state index in [1.165, 1.54) is 0 Å². The van der Waals surface area contributed by atoms with Gasteiger partial charge in [0.15, 0.2) is 0 Å². The van der Waals surface area contributed by atoms with Gasteiger partial charge >= 0.3 is 0 Å². The first kappa shape index (κ1) is 45.7. The number of fused-ring (bicyclic) bond motifs is 10. The Morgan fingerprint density at radius 1 is 0.258 bits per heavy atom. The van der Waals surface area contributed by atoms with Crippen LogP contribution in [-0.2, 0) is 0 Å². The summed E-state index contributed by atoms with van der Waals surface area (Å²) in [6.07, 6.45) is 0. The molecule has 0 aliphatic carbocycles. The van der Waals surface area contributed by atoms with Crippen LogP contribution in [0.3, 0.4) is 0 Å². The molecule has 2 aliphatic rings. The van der Waals surface area contributed by atoms with E-state index in [-0.39, 0.29) is 17.6 Å². The molecule has 2 aromatic heterocycles. The summed E-state index contributed by atoms with van der Waals surface area (Å²) in [7, 11) is 0. The second-order valence-electron chi connectivity index (χ2n) is 23.1. The normalized spacial score (nSPS) is 13.2. The van der Waals surface area contributed by atoms with Gasteiger partial charge in [-0.2, -0.15) is 0 Å². The zero-order valence-electron chi connectivity index (χ0n) is 53.2. The van der Waals surface area contributed by atoms with E-state index in [4.69, 9.17) is 1.37 Å². The minimum Gasteiger partial charge on any atom is -0.310 e. The second-order valence-corrected chi connectivity index (χ2v) is 23.1. The summed E-state index contributed by atoms with van der Waals surface area (Å²) in [4.78, 5) is 4.89. The topological polar surface area (TPSA) is 16.3 Å². The zero-order valence-corrected chi connectivity index (χ0v) is 48.2. The molecule has 414 valence electrons. The minimum atomic E-state index is -0.451. The molecule has 0 unspecified atom stereocenters. The summed E-state index contributed by atoms with van der Waals surface area (Å²) in [5.41, 5.74) is 23.3. The fourth-order valence-corrected chi connectivity index (χ4v) is 14.6. The Kier molecular flexibility index (Phi) is 10.5. The summed E-state index contributed by atoms with van der Waals surface area (Å²) in [6, 6.07) is 106. The summed E-state index contributed by atoms with van der Waals surface area (Å²) in [5.74, 6) is 0. The highest BCUT2D eigenvalue weighted by atomic mass is 15.2. The van der Waals surface area contributed by atoms with E-state index in [1.54, 1.807) is 0 Å². The van der Waals surface area contributed by atoms with Crippen molar-refractivity contribution in [1.82, 2.24) is 9.13 Å². The molecule has 0 saturated carbocycles. The van der Waals surface area contributed by atoms with Gasteiger partial charge < -0.3 is 18.9 Å². The van der Waals surface area contributed by atoms with Crippen LogP contribution < -0.4 is 26.2 Å². The molecule has 18 rings (SSSR count). The van der Waals surface area contributed by atoms with Crippen LogP contribution in [-0.4, -0.2) is 15.8 Å². The molecular weight excluding hydrogens is 1080 g/mol. The van der Waals surface area contributed by atoms with Gasteiger partial charge in [0.05, 0.1) is 40.3 Å². The molecule has 0 amide bonds. The smallest absolute Gasteiger partial charge is 0.252 e. The van der Waals surface area contributed by atoms with E-state index in [0.29, 0.717) is 5.56 Å². The van der Waals surface area contributed by atoms with Crippen LogP contribution in [0.15, 0.2) is 334 Å². The third-order valence-corrected chi connectivity index (χ3v) is 18.4. The highest BCUT2D eigenvalue weighted by molar-refractivity contribution is 7.00. The second kappa shape index (κ2) is 20.5. The molecule has 2 aliphatic heterocycles. The van der Waals surface area contributed by atoms with Gasteiger partial charge in [-0.15, -0.1) is 0 Å². The van der Waals surface area contributed by atoms with E-state index in [1.807, 2.05) is 0 Å². The Morgan fingerprint density at radius 2 is 0.584 bits per heavy atom. The van der Waals surface area contributed by atoms with Crippen molar-refractivity contribution in [1.29, 1.82) is 0 Å². The van der Waals surface area contributed by atoms with Crippen LogP contribution in [0.5, 0.6) is 0 Å². The number of rotatable bonds is 9. The highest BCUT2D eigenvalue weighted by Crippen LogP contribution is 2.54. The molecular formula is C84H55BN4. The number of hydrogen-bond acceptors (Lipinski definition) is 2. The number of aromatic nitrogens is 2. The fraction of sp³-hybridized carbons (Fsp3) is 0. The zero-order chi connectivity index (χ0) is 62.9. The van der Waals surface area contributed by atoms with Crippen molar-refractivity contribution in [3.05, 3.63) is 334 Å². The highest BCUT2D eigenvalue weighted by Gasteiger charge is 2.46. The lowest BCUT2D eigenvalue weighted by Gasteiger charge is -2.46. The molecule has 89 heavy (non-hydrogen) atoms. The maximum Gasteiger partial charge on any atom is 0.252 e. The van der Waals surface area contributed by atoms with Crippen LogP contribution in [0.2, 0.25) is 0 Å². The van der Waals surface area contributed by atoms with E-state index in [9.17, 15) is 5.48 Å². The van der Waals surface area contributed by atoms with E-state index in [0.717, 1.165) is 150 Å². The molecule has 0 spiro atoms. The summed E-state index contributed by atoms with van der Waals surface area (Å²) >= 11 is 0. The monoisotopic (exact) mass is 1140 g/mol. The van der Waals surface area contributed by atoms with Gasteiger partial charge in [-0.25, -0.2) is 0 Å². The first-order valence-corrected chi connectivity index (χ1v) is 30.4. The molecule has 5 heteroatoms. The Bertz CT molecular complexity index is 5200. The quantitative estimate of drug-likeness (QED) is 0.134. The van der Waals surface area contributed by atoms with Gasteiger partial charge in [0.2, 0.25) is 0 Å². The predicted molar refractivity (Wildman–Crippen MR) is 376 cm³/mol. The lowest BCUT2D eigenvalue weighted by Crippen LogP contribution is -2.61. The molecule has 0 atom stereocenters. The molecule has 14 aromatic carbocycles. The molecule has 16 aromatic rings. The van der Waals surface area contributed by atoms with Crippen LogP contribution in [0, 0.1) is 0 Å². The van der Waals surface area contributed by atoms with E-state index < -0.39 is 24.8 Å². The van der Waals surface area contributed by atoms with Crippen LogP contribution >= 0.6 is 0 Å². The predicted octanol–water partition coefficient (Wildman–Crippen LogP) is 20.3. The van der Waals surface area contributed by atoms with Crippen molar-refractivity contribution < 1.29 is 6.85 Å². The first-order chi connectivity index (χ1) is 46.3. The van der Waals surface area contributed by atoms with Gasteiger partial charge in [-0.3, -0.25) is 0 Å². The van der Waals surface area contributed by atoms with E-state index in [2.05, 4.69) is 322 Å². The first-order valence-electron chi connectivity index (χ1n) is 32.9. The van der Waals surface area contributed by atoms with Crippen LogP contribution in [0.1, 0.15) is 6.85 Å². The maximum absolute atomic E-state index is 9.92. The van der Waals surface area contributed by atoms with E-state index >= 15 is 0 Å². The molecule has 0 fully saturated rings. The van der Waals surface area contributed by atoms with Gasteiger partial charge in [-0.1, -0.05) is 273 Å². The van der Waals surface area contributed by atoms with Crippen molar-refractivity contribution in [2.45, 2.75) is 0 Å². The number of para-hydroxylation sites is 6. The van der Waals surface area contributed by atoms with Gasteiger partial charge in [0, 0.05) is 77.9 Å². The van der Waals surface area contributed by atoms with Gasteiger partial charge in [0.1, 0.15) is 0 Å². The molecule has 4 nitrogen and oxygen atoms in total. The Labute approximate surface area is 524 Å². The number of benzene rings is 14. The maximum atomic E-state index is 9.92. The van der Waals surface area contributed by atoms with Crippen molar-refractivity contribution >= 4 is 101 Å². The summed E-state index contributed by atoms with van der Waals surface area (Å²) in [6.45, 7) is -0.427. The largest absolute Gasteiger partial charge is 0.310 e. The average molecular weight is 1140 g/mol. The lowest BCUT2D eigenvalue weighted by atomic mass is 9.33. The van der Waals surface area contributed by atoms with Gasteiger partial charge in [0.25, 0.3) is 6.71 Å². The number of anilines is 6. The summed E-state index contributed by atoms with van der Waals surface area (Å²) < 4.78 is 52.2. The van der Waals surface area contributed by atoms with Crippen LogP contribution in [0.4, 0.5) is 34.1 Å².